The van der Waals surface area contributed by atoms with Crippen molar-refractivity contribution < 1.29 is 20.1 Å². The molecule has 3 rings (SSSR count). The average molecular weight is 387 g/mol. The zero-order valence-corrected chi connectivity index (χ0v) is 14.8. The maximum Gasteiger partial charge on any atom is 0.339 e. The maximum absolute atomic E-state index is 10.9. The molecule has 0 unspecified atom stereocenters. The number of thiazole rings is 1. The number of carboxylic acids is 1. The maximum atomic E-state index is 10.9. The van der Waals surface area contributed by atoms with Crippen LogP contribution in [0.4, 0.5) is 10.8 Å². The van der Waals surface area contributed by atoms with Crippen molar-refractivity contribution in [2.24, 2.45) is 0 Å². The molecule has 0 spiro atoms. The molecule has 0 aliphatic carbocycles. The van der Waals surface area contributed by atoms with E-state index in [1.807, 2.05) is 5.38 Å². The molecule has 0 bridgehead atoms. The number of nitrogens with one attached hydrogen (secondary N) is 2. The second-order valence-corrected chi connectivity index (χ2v) is 6.47. The number of carboxylic acid groups (broad SMARTS) is 1. The van der Waals surface area contributed by atoms with Gasteiger partial charge in [0.15, 0.2) is 10.2 Å². The lowest BCUT2D eigenvalue weighted by atomic mass is 10.2. The molecule has 132 valence electrons. The van der Waals surface area contributed by atoms with Gasteiger partial charge in [0.1, 0.15) is 17.1 Å². The number of phenols is 2. The number of benzene rings is 2. The zero-order chi connectivity index (χ0) is 18.7. The molecule has 0 fully saturated rings. The molecule has 1 heterocycles. The lowest BCUT2D eigenvalue weighted by Gasteiger charge is -2.09. The average Bonchev–Trinajstić information content (AvgIpc) is 3.03. The highest BCUT2D eigenvalue weighted by atomic mass is 32.1. The van der Waals surface area contributed by atoms with Gasteiger partial charge in [-0.15, -0.1) is 11.3 Å². The fraction of sp³-hybridized carbons (Fsp3) is 0. The van der Waals surface area contributed by atoms with Gasteiger partial charge in [0, 0.05) is 22.7 Å². The summed E-state index contributed by atoms with van der Waals surface area (Å²) in [7, 11) is 0. The first-order valence-electron chi connectivity index (χ1n) is 7.31. The smallest absolute Gasteiger partial charge is 0.339 e. The zero-order valence-electron chi connectivity index (χ0n) is 13.1. The molecule has 9 heteroatoms. The van der Waals surface area contributed by atoms with Crippen LogP contribution in [0.2, 0.25) is 0 Å². The highest BCUT2D eigenvalue weighted by molar-refractivity contribution is 7.80. The minimum Gasteiger partial charge on any atom is -0.508 e. The molecule has 3 aromatic rings. The first-order chi connectivity index (χ1) is 12.4. The number of nitrogens with zero attached hydrogens (tertiary/aromatic N) is 1. The molecule has 0 radical (unpaired) electrons. The van der Waals surface area contributed by atoms with Crippen LogP contribution in [0.5, 0.6) is 11.5 Å². The van der Waals surface area contributed by atoms with Gasteiger partial charge < -0.3 is 26.0 Å². The van der Waals surface area contributed by atoms with Crippen molar-refractivity contribution in [3.63, 3.8) is 0 Å². The van der Waals surface area contributed by atoms with Crippen LogP contribution in [0.15, 0.2) is 47.8 Å². The molecular weight excluding hydrogens is 374 g/mol. The SMILES string of the molecule is O=C(O)c1ccc(NC(=S)Nc2nc(-c3ccc(O)cc3)cs2)cc1O. The van der Waals surface area contributed by atoms with Gasteiger partial charge in [-0.2, -0.15) is 0 Å². The number of hydrogen-bond acceptors (Lipinski definition) is 6. The predicted octanol–water partition coefficient (Wildman–Crippen LogP) is 3.73. The summed E-state index contributed by atoms with van der Waals surface area (Å²) in [6.07, 6.45) is 0. The van der Waals surface area contributed by atoms with Crippen molar-refractivity contribution >= 4 is 45.5 Å². The molecule has 0 amide bonds. The summed E-state index contributed by atoms with van der Waals surface area (Å²) in [4.78, 5) is 15.3. The van der Waals surface area contributed by atoms with Gasteiger partial charge in [0.05, 0.1) is 5.69 Å². The van der Waals surface area contributed by atoms with E-state index in [4.69, 9.17) is 17.3 Å². The lowest BCUT2D eigenvalue weighted by molar-refractivity contribution is 0.0694. The van der Waals surface area contributed by atoms with Gasteiger partial charge >= 0.3 is 5.97 Å². The standard InChI is InChI=1S/C17H13N3O4S2/c21-11-4-1-9(2-5-11)13-8-26-17(19-13)20-16(25)18-10-3-6-12(15(23)24)14(22)7-10/h1-8,21-22H,(H,23,24)(H2,18,19,20,25). The van der Waals surface area contributed by atoms with E-state index < -0.39 is 5.97 Å². The third kappa shape index (κ3) is 4.08. The minimum absolute atomic E-state index is 0.185. The molecule has 1 aromatic heterocycles. The molecule has 7 nitrogen and oxygen atoms in total. The van der Waals surface area contributed by atoms with Crippen LogP contribution in [0.3, 0.4) is 0 Å². The monoisotopic (exact) mass is 387 g/mol. The van der Waals surface area contributed by atoms with Gasteiger partial charge in [-0.05, 0) is 48.6 Å². The van der Waals surface area contributed by atoms with E-state index >= 15 is 0 Å². The van der Waals surface area contributed by atoms with Crippen LogP contribution in [0.1, 0.15) is 10.4 Å². The van der Waals surface area contributed by atoms with E-state index in [0.717, 1.165) is 11.3 Å². The minimum atomic E-state index is -1.21. The Kier molecular flexibility index (Phi) is 5.01. The Labute approximate surface area is 157 Å². The Morgan fingerprint density at radius 1 is 1.08 bits per heavy atom. The number of aromatic carboxylic acids is 1. The third-order valence-electron chi connectivity index (χ3n) is 3.37. The lowest BCUT2D eigenvalue weighted by Crippen LogP contribution is -2.19. The molecule has 0 aliphatic heterocycles. The van der Waals surface area contributed by atoms with Crippen molar-refractivity contribution in [3.8, 4) is 22.8 Å². The van der Waals surface area contributed by atoms with Gasteiger partial charge in [-0.1, -0.05) is 0 Å². The number of anilines is 2. The van der Waals surface area contributed by atoms with E-state index in [1.54, 1.807) is 24.3 Å². The van der Waals surface area contributed by atoms with Crippen LogP contribution < -0.4 is 10.6 Å². The van der Waals surface area contributed by atoms with Crippen molar-refractivity contribution in [2.45, 2.75) is 0 Å². The fourth-order valence-electron chi connectivity index (χ4n) is 2.15. The van der Waals surface area contributed by atoms with Gasteiger partial charge in [-0.25, -0.2) is 9.78 Å². The second-order valence-electron chi connectivity index (χ2n) is 5.20. The number of thiocarbonyl (C=S) groups is 1. The second kappa shape index (κ2) is 7.38. The first-order valence-corrected chi connectivity index (χ1v) is 8.60. The number of rotatable bonds is 4. The topological polar surface area (TPSA) is 115 Å². The van der Waals surface area contributed by atoms with Crippen LogP contribution >= 0.6 is 23.6 Å². The molecule has 0 atom stereocenters. The number of aromatic hydroxyl groups is 2. The van der Waals surface area contributed by atoms with Crippen LogP contribution in [-0.2, 0) is 0 Å². The van der Waals surface area contributed by atoms with Crippen molar-refractivity contribution in [2.75, 3.05) is 10.6 Å². The largest absolute Gasteiger partial charge is 0.508 e. The highest BCUT2D eigenvalue weighted by Crippen LogP contribution is 2.27. The number of carbonyl (C=O) groups is 1. The molecule has 2 aromatic carbocycles. The quantitative estimate of drug-likeness (QED) is 0.430. The Bertz CT molecular complexity index is 970. The summed E-state index contributed by atoms with van der Waals surface area (Å²) >= 11 is 6.56. The Morgan fingerprint density at radius 2 is 1.81 bits per heavy atom. The van der Waals surface area contributed by atoms with E-state index in [1.165, 1.54) is 29.5 Å². The molecule has 5 N–H and O–H groups in total. The van der Waals surface area contributed by atoms with E-state index in [2.05, 4.69) is 15.6 Å². The fourth-order valence-corrected chi connectivity index (χ4v) is 3.15. The summed E-state index contributed by atoms with van der Waals surface area (Å²) in [6, 6.07) is 10.8. The van der Waals surface area contributed by atoms with Crippen LogP contribution in [0, 0.1) is 0 Å². The summed E-state index contributed by atoms with van der Waals surface area (Å²) in [5, 5.41) is 36.4. The summed E-state index contributed by atoms with van der Waals surface area (Å²) < 4.78 is 0. The van der Waals surface area contributed by atoms with Crippen molar-refractivity contribution in [1.82, 2.24) is 4.98 Å². The molecule has 26 heavy (non-hydrogen) atoms. The molecular formula is C17H13N3O4S2. The Hall–Kier alpha value is -3.17. The van der Waals surface area contributed by atoms with Crippen LogP contribution in [0.25, 0.3) is 11.3 Å². The normalized spacial score (nSPS) is 10.3. The number of phenolic OH excluding ortho intramolecular Hbond substituents is 1. The summed E-state index contributed by atoms with van der Waals surface area (Å²) in [6.45, 7) is 0. The molecule has 0 saturated heterocycles. The van der Waals surface area contributed by atoms with Gasteiger partial charge in [0.25, 0.3) is 0 Å². The summed E-state index contributed by atoms with van der Waals surface area (Å²) in [5.41, 5.74) is 1.86. The summed E-state index contributed by atoms with van der Waals surface area (Å²) in [5.74, 6) is -1.38. The first kappa shape index (κ1) is 17.6. The number of hydrogen-bond donors (Lipinski definition) is 5. The Balaban J connectivity index is 1.66. The van der Waals surface area contributed by atoms with E-state index in [0.29, 0.717) is 10.8 Å². The van der Waals surface area contributed by atoms with Crippen molar-refractivity contribution in [1.29, 1.82) is 0 Å². The molecule has 0 saturated carbocycles. The highest BCUT2D eigenvalue weighted by Gasteiger charge is 2.11. The van der Waals surface area contributed by atoms with Gasteiger partial charge in [0.2, 0.25) is 0 Å². The van der Waals surface area contributed by atoms with Crippen molar-refractivity contribution in [3.05, 3.63) is 53.4 Å². The predicted molar refractivity (Wildman–Crippen MR) is 104 cm³/mol. The van der Waals surface area contributed by atoms with E-state index in [9.17, 15) is 15.0 Å². The van der Waals surface area contributed by atoms with E-state index in [-0.39, 0.29) is 22.2 Å². The Morgan fingerprint density at radius 3 is 2.46 bits per heavy atom. The number of aromatic nitrogens is 1. The molecule has 0 aliphatic rings. The van der Waals surface area contributed by atoms with Gasteiger partial charge in [-0.3, -0.25) is 0 Å². The third-order valence-corrected chi connectivity index (χ3v) is 4.34. The van der Waals surface area contributed by atoms with Crippen LogP contribution in [-0.4, -0.2) is 31.4 Å².